The molecular formula is C20H22. The van der Waals surface area contributed by atoms with Crippen LogP contribution in [0.3, 0.4) is 0 Å². The van der Waals surface area contributed by atoms with Gasteiger partial charge in [-0.25, -0.2) is 0 Å². The number of rotatable bonds is 4. The Morgan fingerprint density at radius 2 is 1.40 bits per heavy atom. The molecule has 0 N–H and O–H groups in total. The maximum absolute atomic E-state index is 2.37. The Morgan fingerprint density at radius 3 is 2.20 bits per heavy atom. The molecule has 0 nitrogen and oxygen atoms in total. The lowest BCUT2D eigenvalue weighted by molar-refractivity contribution is 0.718. The van der Waals surface area contributed by atoms with Gasteiger partial charge in [-0.05, 0) is 59.0 Å². The normalized spacial score (nSPS) is 11.3. The van der Waals surface area contributed by atoms with Gasteiger partial charge in [0, 0.05) is 0 Å². The Kier molecular flexibility index (Phi) is 3.73. The molecule has 0 heteroatoms. The number of fused-ring (bicyclic) bond motifs is 2. The second-order valence-electron chi connectivity index (χ2n) is 5.84. The van der Waals surface area contributed by atoms with Crippen molar-refractivity contribution in [3.8, 4) is 0 Å². The van der Waals surface area contributed by atoms with E-state index in [9.17, 15) is 0 Å². The number of benzene rings is 3. The van der Waals surface area contributed by atoms with Gasteiger partial charge in [0.1, 0.15) is 0 Å². The summed E-state index contributed by atoms with van der Waals surface area (Å²) >= 11 is 0. The lowest BCUT2D eigenvalue weighted by Crippen LogP contribution is -1.86. The predicted molar refractivity (Wildman–Crippen MR) is 89.4 cm³/mol. The van der Waals surface area contributed by atoms with Gasteiger partial charge in [-0.2, -0.15) is 0 Å². The Balaban J connectivity index is 2.01. The third-order valence-corrected chi connectivity index (χ3v) is 4.08. The topological polar surface area (TPSA) is 0 Å². The van der Waals surface area contributed by atoms with Gasteiger partial charge in [-0.3, -0.25) is 0 Å². The van der Waals surface area contributed by atoms with Crippen LogP contribution < -0.4 is 0 Å². The number of aryl methyl sites for hydroxylation is 2. The van der Waals surface area contributed by atoms with Crippen LogP contribution in [0.2, 0.25) is 0 Å². The smallest absolute Gasteiger partial charge is 0.0175 e. The molecule has 3 rings (SSSR count). The number of unbranched alkanes of at least 4 members (excludes halogenated alkanes) is 2. The summed E-state index contributed by atoms with van der Waals surface area (Å²) in [5, 5.41) is 5.41. The Morgan fingerprint density at radius 1 is 0.700 bits per heavy atom. The van der Waals surface area contributed by atoms with Crippen molar-refractivity contribution in [3.05, 3.63) is 59.7 Å². The van der Waals surface area contributed by atoms with E-state index in [1.165, 1.54) is 58.4 Å². The highest BCUT2D eigenvalue weighted by molar-refractivity contribution is 5.98. The van der Waals surface area contributed by atoms with Gasteiger partial charge in [-0.15, -0.1) is 0 Å². The quantitative estimate of drug-likeness (QED) is 0.397. The van der Waals surface area contributed by atoms with E-state index >= 15 is 0 Å². The maximum Gasteiger partial charge on any atom is -0.0175 e. The van der Waals surface area contributed by atoms with Crippen molar-refractivity contribution in [1.82, 2.24) is 0 Å². The molecule has 0 heterocycles. The molecule has 3 aromatic carbocycles. The minimum absolute atomic E-state index is 1.20. The first kappa shape index (κ1) is 13.2. The molecule has 0 spiro atoms. The zero-order valence-corrected chi connectivity index (χ0v) is 12.4. The fourth-order valence-electron chi connectivity index (χ4n) is 2.90. The van der Waals surface area contributed by atoms with E-state index in [1.807, 2.05) is 0 Å². The van der Waals surface area contributed by atoms with Gasteiger partial charge in [0.05, 0.1) is 0 Å². The summed E-state index contributed by atoms with van der Waals surface area (Å²) < 4.78 is 0. The minimum Gasteiger partial charge on any atom is -0.0654 e. The zero-order chi connectivity index (χ0) is 13.9. The van der Waals surface area contributed by atoms with Gasteiger partial charge in [0.25, 0.3) is 0 Å². The van der Waals surface area contributed by atoms with Crippen molar-refractivity contribution in [3.63, 3.8) is 0 Å². The largest absolute Gasteiger partial charge is 0.0654 e. The predicted octanol–water partition coefficient (Wildman–Crippen LogP) is 6.03. The summed E-state index contributed by atoms with van der Waals surface area (Å²) in [6.07, 6.45) is 5.12. The van der Waals surface area contributed by atoms with Crippen molar-refractivity contribution in [2.45, 2.75) is 39.5 Å². The first-order chi connectivity index (χ1) is 9.76. The van der Waals surface area contributed by atoms with Crippen LogP contribution in [-0.4, -0.2) is 0 Å². The highest BCUT2D eigenvalue weighted by atomic mass is 14.1. The molecule has 0 bridgehead atoms. The standard InChI is InChI=1S/C20H22/c1-3-4-5-6-16-8-10-18-13-17-9-7-15(2)11-19(17)14-20(18)12-16/h7-14H,3-6H2,1-2H3. The molecule has 20 heavy (non-hydrogen) atoms. The SMILES string of the molecule is CCCCCc1ccc2cc3ccc(C)cc3cc2c1. The van der Waals surface area contributed by atoms with Crippen molar-refractivity contribution in [1.29, 1.82) is 0 Å². The van der Waals surface area contributed by atoms with Crippen LogP contribution in [0.15, 0.2) is 48.5 Å². The summed E-state index contributed by atoms with van der Waals surface area (Å²) in [4.78, 5) is 0. The van der Waals surface area contributed by atoms with Crippen molar-refractivity contribution < 1.29 is 0 Å². The fraction of sp³-hybridized carbons (Fsp3) is 0.300. The molecule has 0 atom stereocenters. The number of hydrogen-bond acceptors (Lipinski definition) is 0. The summed E-state index contributed by atoms with van der Waals surface area (Å²) in [5.41, 5.74) is 2.80. The molecule has 0 aliphatic rings. The van der Waals surface area contributed by atoms with E-state index in [1.54, 1.807) is 0 Å². The Labute approximate surface area is 121 Å². The first-order valence-electron chi connectivity index (χ1n) is 7.69. The summed E-state index contributed by atoms with van der Waals surface area (Å²) in [6.45, 7) is 4.42. The molecule has 0 saturated heterocycles. The lowest BCUT2D eigenvalue weighted by atomic mass is 9.99. The average molecular weight is 262 g/mol. The van der Waals surface area contributed by atoms with Crippen LogP contribution in [0.25, 0.3) is 21.5 Å². The van der Waals surface area contributed by atoms with E-state index in [0.29, 0.717) is 0 Å². The molecular weight excluding hydrogens is 240 g/mol. The fourth-order valence-corrected chi connectivity index (χ4v) is 2.90. The van der Waals surface area contributed by atoms with Crippen LogP contribution in [0.5, 0.6) is 0 Å². The van der Waals surface area contributed by atoms with Gasteiger partial charge >= 0.3 is 0 Å². The molecule has 0 aliphatic heterocycles. The molecule has 0 saturated carbocycles. The van der Waals surface area contributed by atoms with Crippen LogP contribution in [0.4, 0.5) is 0 Å². The second kappa shape index (κ2) is 5.66. The zero-order valence-electron chi connectivity index (χ0n) is 12.4. The molecule has 0 unspecified atom stereocenters. The molecule has 0 fully saturated rings. The van der Waals surface area contributed by atoms with Crippen molar-refractivity contribution in [2.75, 3.05) is 0 Å². The molecule has 102 valence electrons. The lowest BCUT2D eigenvalue weighted by Gasteiger charge is -2.06. The van der Waals surface area contributed by atoms with E-state index in [4.69, 9.17) is 0 Å². The van der Waals surface area contributed by atoms with Gasteiger partial charge in [0.15, 0.2) is 0 Å². The van der Waals surface area contributed by atoms with Gasteiger partial charge in [-0.1, -0.05) is 61.7 Å². The molecule has 0 radical (unpaired) electrons. The molecule has 0 aliphatic carbocycles. The van der Waals surface area contributed by atoms with Crippen LogP contribution >= 0.6 is 0 Å². The third kappa shape index (κ3) is 2.70. The third-order valence-electron chi connectivity index (χ3n) is 4.08. The highest BCUT2D eigenvalue weighted by Crippen LogP contribution is 2.25. The maximum atomic E-state index is 2.37. The van der Waals surface area contributed by atoms with Crippen molar-refractivity contribution in [2.24, 2.45) is 0 Å². The van der Waals surface area contributed by atoms with E-state index in [-0.39, 0.29) is 0 Å². The Bertz CT molecular complexity index is 737. The summed E-state index contributed by atoms with van der Waals surface area (Å²) in [6, 6.07) is 18.3. The van der Waals surface area contributed by atoms with Crippen LogP contribution in [0.1, 0.15) is 37.3 Å². The van der Waals surface area contributed by atoms with Crippen molar-refractivity contribution >= 4 is 21.5 Å². The van der Waals surface area contributed by atoms with E-state index < -0.39 is 0 Å². The summed E-state index contributed by atoms with van der Waals surface area (Å²) in [7, 11) is 0. The molecule has 3 aromatic rings. The second-order valence-corrected chi connectivity index (χ2v) is 5.84. The first-order valence-corrected chi connectivity index (χ1v) is 7.69. The van der Waals surface area contributed by atoms with Gasteiger partial charge in [0.2, 0.25) is 0 Å². The minimum atomic E-state index is 1.20. The summed E-state index contributed by atoms with van der Waals surface area (Å²) in [5.74, 6) is 0. The highest BCUT2D eigenvalue weighted by Gasteiger charge is 2.00. The monoisotopic (exact) mass is 262 g/mol. The van der Waals surface area contributed by atoms with Gasteiger partial charge < -0.3 is 0 Å². The Hall–Kier alpha value is -1.82. The molecule has 0 aromatic heterocycles. The van der Waals surface area contributed by atoms with E-state index in [0.717, 1.165) is 0 Å². The van der Waals surface area contributed by atoms with Crippen LogP contribution in [0, 0.1) is 6.92 Å². The van der Waals surface area contributed by atoms with E-state index in [2.05, 4.69) is 62.4 Å². The average Bonchev–Trinajstić information content (AvgIpc) is 2.45. The number of hydrogen-bond donors (Lipinski definition) is 0. The van der Waals surface area contributed by atoms with Crippen LogP contribution in [-0.2, 0) is 6.42 Å². The molecule has 0 amide bonds.